The van der Waals surface area contributed by atoms with Crippen LogP contribution in [-0.4, -0.2) is 92.3 Å². The third-order valence-electron chi connectivity index (χ3n) is 10.7. The van der Waals surface area contributed by atoms with E-state index in [0.29, 0.717) is 30.6 Å². The van der Waals surface area contributed by atoms with Gasteiger partial charge in [0.2, 0.25) is 0 Å². The normalized spacial score (nSPS) is 20.5. The highest BCUT2D eigenvalue weighted by atomic mass is 19.1. The molecule has 15 heteroatoms. The number of hydrogen-bond donors (Lipinski definition) is 4. The number of carbonyl (C=O) groups is 3. The summed E-state index contributed by atoms with van der Waals surface area (Å²) in [5.41, 5.74) is 2.18. The molecule has 0 saturated carbocycles. The molecule has 0 spiro atoms. The number of nitrogens with zero attached hydrogens (tertiary/aromatic N) is 3. The van der Waals surface area contributed by atoms with Gasteiger partial charge >= 0.3 is 17.9 Å². The zero-order valence-electron chi connectivity index (χ0n) is 32.1. The average molecular weight is 789 g/mol. The fourth-order valence-electron chi connectivity index (χ4n) is 7.79. The quantitative estimate of drug-likeness (QED) is 0.0834. The van der Waals surface area contributed by atoms with Crippen LogP contribution in [0.3, 0.4) is 0 Å². The summed E-state index contributed by atoms with van der Waals surface area (Å²) in [6.45, 7) is 2.78. The number of H-pyrrole nitrogens is 1. The van der Waals surface area contributed by atoms with Crippen molar-refractivity contribution in [2.45, 2.75) is 89.1 Å². The number of rotatable bonds is 18. The van der Waals surface area contributed by atoms with Crippen LogP contribution in [0.25, 0.3) is 0 Å². The maximum atomic E-state index is 13.8. The highest BCUT2D eigenvalue weighted by molar-refractivity contribution is 5.67. The van der Waals surface area contributed by atoms with Crippen LogP contribution >= 0.6 is 0 Å². The van der Waals surface area contributed by atoms with Crippen LogP contribution in [0.5, 0.6) is 0 Å². The van der Waals surface area contributed by atoms with Crippen LogP contribution < -0.4 is 4.90 Å². The van der Waals surface area contributed by atoms with Crippen molar-refractivity contribution in [3.63, 3.8) is 0 Å². The van der Waals surface area contributed by atoms with Crippen molar-refractivity contribution in [1.82, 2.24) is 15.2 Å². The molecule has 2 saturated heterocycles. The number of aromatic nitrogens is 3. The summed E-state index contributed by atoms with van der Waals surface area (Å²) in [5.74, 6) is -1.22. The van der Waals surface area contributed by atoms with Gasteiger partial charge in [-0.1, -0.05) is 48.5 Å². The van der Waals surface area contributed by atoms with Gasteiger partial charge in [0.15, 0.2) is 5.60 Å². The van der Waals surface area contributed by atoms with Gasteiger partial charge in [-0.3, -0.25) is 19.5 Å². The van der Waals surface area contributed by atoms with Gasteiger partial charge in [-0.15, -0.1) is 0 Å². The zero-order valence-corrected chi connectivity index (χ0v) is 32.1. The molecule has 4 N–H and O–H groups in total. The molecule has 0 radical (unpaired) electrons. The number of aryl methyl sites for hydroxylation is 2. The Bertz CT molecular complexity index is 1930. The van der Waals surface area contributed by atoms with E-state index in [9.17, 15) is 34.1 Å². The summed E-state index contributed by atoms with van der Waals surface area (Å²) in [6.07, 6.45) is -0.0613. The molecule has 0 bridgehead atoms. The first kappa shape index (κ1) is 41.4. The first-order chi connectivity index (χ1) is 27.3. The minimum atomic E-state index is -2.25. The molecule has 3 heterocycles. The molecule has 2 fully saturated rings. The highest BCUT2D eigenvalue weighted by Gasteiger charge is 2.55. The number of nitrogens with one attached hydrogen (secondary N) is 1. The topological polar surface area (TPSA) is 194 Å². The summed E-state index contributed by atoms with van der Waals surface area (Å²) in [5, 5.41) is 40.0. The lowest BCUT2D eigenvalue weighted by Crippen LogP contribution is -2.56. The van der Waals surface area contributed by atoms with Crippen molar-refractivity contribution < 1.29 is 53.0 Å². The first-order valence-electron chi connectivity index (χ1n) is 19.0. The highest BCUT2D eigenvalue weighted by Crippen LogP contribution is 2.54. The largest absolute Gasteiger partial charge is 0.463 e. The van der Waals surface area contributed by atoms with E-state index in [1.165, 1.54) is 25.4 Å². The van der Waals surface area contributed by atoms with Crippen LogP contribution in [0.2, 0.25) is 0 Å². The van der Waals surface area contributed by atoms with Crippen molar-refractivity contribution in [3.05, 3.63) is 113 Å². The number of ether oxygens (including phenoxy) is 4. The Morgan fingerprint density at radius 2 is 1.56 bits per heavy atom. The number of halogens is 1. The van der Waals surface area contributed by atoms with Crippen LogP contribution in [0.4, 0.5) is 10.1 Å². The standard InChI is InChI=1S/C42H49FN4O10/c1-25(48)55-22-42(53,23-56-26(2)49)40(52)36(51)20-29-4-9-31(10-5-29)39-34(17-18-37(57-27(3)50)30-11-13-32(43)14-12-30)35-21-54-41(35)47(39)33-15-6-28(7-16-33)8-19-38-44-24-45-46-38/h4-7,9-16,24,34-37,39-41,51-53H,8,17-23H2,1-3H3,(H,44,45,46)/t34?,35?,36?,37-,39?,40?,41?/m0/s1. The summed E-state index contributed by atoms with van der Waals surface area (Å²) < 4.78 is 35.6. The van der Waals surface area contributed by atoms with Gasteiger partial charge in [0.1, 0.15) is 49.6 Å². The third-order valence-corrected chi connectivity index (χ3v) is 10.7. The van der Waals surface area contributed by atoms with E-state index in [-0.39, 0.29) is 36.3 Å². The number of aromatic amines is 1. The molecule has 7 atom stereocenters. The molecule has 4 aromatic rings. The Kier molecular flexibility index (Phi) is 13.3. The molecular weight excluding hydrogens is 739 g/mol. The summed E-state index contributed by atoms with van der Waals surface area (Å²) in [7, 11) is 0. The molecule has 1 aromatic heterocycles. The van der Waals surface area contributed by atoms with Gasteiger partial charge < -0.3 is 39.2 Å². The maximum Gasteiger partial charge on any atom is 0.303 e. The molecule has 6 unspecified atom stereocenters. The van der Waals surface area contributed by atoms with Gasteiger partial charge in [0, 0.05) is 45.2 Å². The van der Waals surface area contributed by atoms with Gasteiger partial charge in [0.05, 0.1) is 18.8 Å². The molecule has 304 valence electrons. The van der Waals surface area contributed by atoms with Crippen molar-refractivity contribution >= 4 is 23.6 Å². The Hall–Kier alpha value is -5.22. The first-order valence-corrected chi connectivity index (χ1v) is 19.0. The number of aliphatic hydroxyl groups excluding tert-OH is 2. The Morgan fingerprint density at radius 3 is 2.12 bits per heavy atom. The lowest BCUT2D eigenvalue weighted by atomic mass is 9.80. The van der Waals surface area contributed by atoms with E-state index in [1.54, 1.807) is 12.1 Å². The number of fused-ring (bicyclic) bond motifs is 1. The Labute approximate surface area is 329 Å². The lowest BCUT2D eigenvalue weighted by molar-refractivity contribution is -0.190. The smallest absolute Gasteiger partial charge is 0.303 e. The Morgan fingerprint density at radius 1 is 0.912 bits per heavy atom. The number of esters is 3. The Balaban J connectivity index is 1.25. The van der Waals surface area contributed by atoms with Gasteiger partial charge in [-0.05, 0) is 71.7 Å². The minimum Gasteiger partial charge on any atom is -0.463 e. The number of aliphatic hydroxyl groups is 3. The van der Waals surface area contributed by atoms with Crippen molar-refractivity contribution in [2.24, 2.45) is 11.8 Å². The molecule has 2 aliphatic rings. The predicted octanol–water partition coefficient (Wildman–Crippen LogP) is 4.09. The molecule has 57 heavy (non-hydrogen) atoms. The minimum absolute atomic E-state index is 0.0594. The number of anilines is 1. The summed E-state index contributed by atoms with van der Waals surface area (Å²) in [4.78, 5) is 41.6. The molecule has 0 amide bonds. The van der Waals surface area contributed by atoms with Crippen LogP contribution in [-0.2, 0) is 52.6 Å². The fraction of sp³-hybridized carbons (Fsp3) is 0.452. The maximum absolute atomic E-state index is 13.8. The van der Waals surface area contributed by atoms with Gasteiger partial charge in [0.25, 0.3) is 0 Å². The average Bonchev–Trinajstić information content (AvgIpc) is 3.78. The number of benzene rings is 3. The van der Waals surface area contributed by atoms with Gasteiger partial charge in [-0.2, -0.15) is 5.10 Å². The van der Waals surface area contributed by atoms with E-state index < -0.39 is 55.0 Å². The number of hydrogen-bond acceptors (Lipinski definition) is 13. The van der Waals surface area contributed by atoms with E-state index in [1.807, 2.05) is 24.3 Å². The van der Waals surface area contributed by atoms with E-state index in [0.717, 1.165) is 49.3 Å². The molecule has 3 aromatic carbocycles. The van der Waals surface area contributed by atoms with E-state index >= 15 is 0 Å². The van der Waals surface area contributed by atoms with Crippen LogP contribution in [0.1, 0.15) is 73.8 Å². The second kappa shape index (κ2) is 18.4. The lowest BCUT2D eigenvalue weighted by Gasteiger charge is -2.39. The van der Waals surface area contributed by atoms with E-state index in [4.69, 9.17) is 18.9 Å². The van der Waals surface area contributed by atoms with Gasteiger partial charge in [-0.25, -0.2) is 9.37 Å². The molecule has 6 rings (SSSR count). The molecule has 0 aliphatic carbocycles. The summed E-state index contributed by atoms with van der Waals surface area (Å²) >= 11 is 0. The number of carbonyl (C=O) groups excluding carboxylic acids is 3. The fourth-order valence-corrected chi connectivity index (χ4v) is 7.79. The van der Waals surface area contributed by atoms with Crippen molar-refractivity contribution in [2.75, 3.05) is 24.7 Å². The summed E-state index contributed by atoms with van der Waals surface area (Å²) in [6, 6.07) is 21.8. The molecule has 2 aliphatic heterocycles. The van der Waals surface area contributed by atoms with Crippen LogP contribution in [0, 0.1) is 17.7 Å². The zero-order chi connectivity index (χ0) is 40.7. The second-order valence-corrected chi connectivity index (χ2v) is 14.9. The molecule has 14 nitrogen and oxygen atoms in total. The SMILES string of the molecule is CC(=O)OCC(O)(COC(C)=O)C(O)C(O)Cc1ccc(C2C(CC[C@H](OC(C)=O)c3ccc(F)cc3)C3COC3N2c2ccc(CCc3ncn[nH]3)cc2)cc1. The van der Waals surface area contributed by atoms with Crippen molar-refractivity contribution in [3.8, 4) is 0 Å². The third kappa shape index (κ3) is 10.2. The monoisotopic (exact) mass is 788 g/mol. The van der Waals surface area contributed by atoms with Crippen molar-refractivity contribution in [1.29, 1.82) is 0 Å². The molecular formula is C42H49FN4O10. The predicted molar refractivity (Wildman–Crippen MR) is 203 cm³/mol. The van der Waals surface area contributed by atoms with E-state index in [2.05, 4.69) is 44.3 Å². The second-order valence-electron chi connectivity index (χ2n) is 14.9. The van der Waals surface area contributed by atoms with Crippen LogP contribution in [0.15, 0.2) is 79.1 Å².